The predicted molar refractivity (Wildman–Crippen MR) is 157 cm³/mol. The second-order valence-corrected chi connectivity index (χ2v) is 10.9. The van der Waals surface area contributed by atoms with Crippen molar-refractivity contribution in [2.75, 3.05) is 18.4 Å². The summed E-state index contributed by atoms with van der Waals surface area (Å²) in [5, 5.41) is 7.89. The number of aryl methyl sites for hydroxylation is 2. The van der Waals surface area contributed by atoms with Crippen LogP contribution in [0.4, 0.5) is 5.82 Å². The van der Waals surface area contributed by atoms with Gasteiger partial charge in [0.1, 0.15) is 5.82 Å². The van der Waals surface area contributed by atoms with E-state index in [1.807, 2.05) is 97.9 Å². The average Bonchev–Trinajstić information content (AvgIpc) is 3.35. The smallest absolute Gasteiger partial charge is 0.245 e. The zero-order valence-corrected chi connectivity index (χ0v) is 23.4. The maximum absolute atomic E-state index is 13.4. The Hall–Kier alpha value is -4.19. The maximum atomic E-state index is 13.4. The van der Waals surface area contributed by atoms with Crippen LogP contribution in [0.2, 0.25) is 0 Å². The molecule has 0 bridgehead atoms. The lowest BCUT2D eigenvalue weighted by Gasteiger charge is -2.23. The van der Waals surface area contributed by atoms with E-state index in [-0.39, 0.29) is 23.8 Å². The molecule has 1 aromatic heterocycles. The molecule has 1 heterocycles. The Labute approximate surface area is 231 Å². The number of carbonyl (C=O) groups excluding carboxylic acids is 2. The van der Waals surface area contributed by atoms with E-state index in [4.69, 9.17) is 5.10 Å². The van der Waals surface area contributed by atoms with Crippen LogP contribution in [-0.2, 0) is 27.8 Å². The van der Waals surface area contributed by atoms with Gasteiger partial charge in [-0.15, -0.1) is 0 Å². The minimum atomic E-state index is -0.244. The standard InChI is InChI=1S/C33H38N4O2/c1-25-13-11-12-18-28(25)37-30(23-29(35-37)33(2,3)4)34-31(38)24-36(22-21-27-16-9-6-10-17-27)32(39)20-19-26-14-7-5-8-15-26/h5-18,23H,19-22,24H2,1-4H3,(H,34,38). The van der Waals surface area contributed by atoms with Gasteiger partial charge < -0.3 is 10.2 Å². The Bertz CT molecular complexity index is 1390. The normalized spacial score (nSPS) is 11.3. The minimum absolute atomic E-state index is 0.0236. The van der Waals surface area contributed by atoms with Gasteiger partial charge in [0, 0.05) is 24.4 Å². The lowest BCUT2D eigenvalue weighted by molar-refractivity contribution is -0.134. The molecule has 0 aliphatic rings. The van der Waals surface area contributed by atoms with Crippen molar-refractivity contribution < 1.29 is 9.59 Å². The van der Waals surface area contributed by atoms with Crippen LogP contribution < -0.4 is 5.32 Å². The fourth-order valence-corrected chi connectivity index (χ4v) is 4.43. The van der Waals surface area contributed by atoms with Crippen molar-refractivity contribution in [2.24, 2.45) is 0 Å². The SMILES string of the molecule is Cc1ccccc1-n1nc(C(C)(C)C)cc1NC(=O)CN(CCc1ccccc1)C(=O)CCc1ccccc1. The summed E-state index contributed by atoms with van der Waals surface area (Å²) in [5.74, 6) is 0.318. The summed E-state index contributed by atoms with van der Waals surface area (Å²) in [4.78, 5) is 28.4. The monoisotopic (exact) mass is 522 g/mol. The van der Waals surface area contributed by atoms with Gasteiger partial charge in [-0.05, 0) is 42.5 Å². The van der Waals surface area contributed by atoms with Crippen LogP contribution in [0.25, 0.3) is 5.69 Å². The van der Waals surface area contributed by atoms with Crippen molar-refractivity contribution in [1.29, 1.82) is 0 Å². The first-order valence-electron chi connectivity index (χ1n) is 13.5. The molecule has 0 fully saturated rings. The van der Waals surface area contributed by atoms with Crippen LogP contribution >= 0.6 is 0 Å². The highest BCUT2D eigenvalue weighted by atomic mass is 16.2. The zero-order valence-electron chi connectivity index (χ0n) is 23.4. The van der Waals surface area contributed by atoms with E-state index in [1.54, 1.807) is 9.58 Å². The summed E-state index contributed by atoms with van der Waals surface area (Å²) < 4.78 is 1.79. The molecular formula is C33H38N4O2. The third-order valence-corrected chi connectivity index (χ3v) is 6.76. The van der Waals surface area contributed by atoms with Crippen molar-refractivity contribution >= 4 is 17.6 Å². The summed E-state index contributed by atoms with van der Waals surface area (Å²) in [7, 11) is 0. The predicted octanol–water partition coefficient (Wildman–Crippen LogP) is 6.12. The van der Waals surface area contributed by atoms with E-state index in [2.05, 4.69) is 26.1 Å². The second kappa shape index (κ2) is 12.6. The van der Waals surface area contributed by atoms with E-state index in [0.717, 1.165) is 28.1 Å². The molecule has 0 aliphatic heterocycles. The highest BCUT2D eigenvalue weighted by Gasteiger charge is 2.23. The Morgan fingerprint density at radius 2 is 1.44 bits per heavy atom. The Morgan fingerprint density at radius 1 is 0.846 bits per heavy atom. The molecule has 39 heavy (non-hydrogen) atoms. The summed E-state index contributed by atoms with van der Waals surface area (Å²) in [6, 6.07) is 29.9. The molecule has 4 rings (SSSR count). The molecule has 0 radical (unpaired) electrons. The Kier molecular flexibility index (Phi) is 8.97. The number of nitrogens with zero attached hydrogens (tertiary/aromatic N) is 3. The van der Waals surface area contributed by atoms with Crippen molar-refractivity contribution in [2.45, 2.75) is 52.4 Å². The van der Waals surface area contributed by atoms with Crippen LogP contribution in [0.15, 0.2) is 91.0 Å². The van der Waals surface area contributed by atoms with E-state index in [9.17, 15) is 9.59 Å². The highest BCUT2D eigenvalue weighted by molar-refractivity contribution is 5.94. The first-order chi connectivity index (χ1) is 18.7. The molecule has 4 aromatic rings. The molecule has 0 spiro atoms. The molecule has 0 atom stereocenters. The number of para-hydroxylation sites is 1. The third-order valence-electron chi connectivity index (χ3n) is 6.76. The van der Waals surface area contributed by atoms with Crippen LogP contribution in [0.3, 0.4) is 0 Å². The fourth-order valence-electron chi connectivity index (χ4n) is 4.43. The molecular weight excluding hydrogens is 484 g/mol. The largest absolute Gasteiger partial charge is 0.333 e. The summed E-state index contributed by atoms with van der Waals surface area (Å²) >= 11 is 0. The third kappa shape index (κ3) is 7.66. The first kappa shape index (κ1) is 27.8. The van der Waals surface area contributed by atoms with Gasteiger partial charge in [-0.2, -0.15) is 5.10 Å². The minimum Gasteiger partial charge on any atom is -0.333 e. The van der Waals surface area contributed by atoms with Crippen LogP contribution in [0, 0.1) is 6.92 Å². The first-order valence-corrected chi connectivity index (χ1v) is 13.5. The molecule has 0 aliphatic carbocycles. The number of aromatic nitrogens is 2. The number of nitrogens with one attached hydrogen (secondary N) is 1. The molecule has 202 valence electrons. The number of carbonyl (C=O) groups is 2. The van der Waals surface area contributed by atoms with Gasteiger partial charge in [-0.3, -0.25) is 9.59 Å². The van der Waals surface area contributed by atoms with Gasteiger partial charge in [-0.25, -0.2) is 4.68 Å². The van der Waals surface area contributed by atoms with Gasteiger partial charge in [0.05, 0.1) is 17.9 Å². The number of anilines is 1. The van der Waals surface area contributed by atoms with E-state index < -0.39 is 0 Å². The lowest BCUT2D eigenvalue weighted by atomic mass is 9.92. The van der Waals surface area contributed by atoms with Gasteiger partial charge in [0.25, 0.3) is 0 Å². The van der Waals surface area contributed by atoms with Crippen molar-refractivity contribution in [1.82, 2.24) is 14.7 Å². The zero-order chi connectivity index (χ0) is 27.8. The molecule has 2 amide bonds. The maximum Gasteiger partial charge on any atom is 0.245 e. The molecule has 0 saturated carbocycles. The molecule has 6 nitrogen and oxygen atoms in total. The molecule has 3 aromatic carbocycles. The van der Waals surface area contributed by atoms with Crippen molar-refractivity contribution in [3.05, 3.63) is 113 Å². The number of hydrogen-bond donors (Lipinski definition) is 1. The van der Waals surface area contributed by atoms with E-state index in [1.165, 1.54) is 0 Å². The van der Waals surface area contributed by atoms with E-state index in [0.29, 0.717) is 31.6 Å². The molecule has 6 heteroatoms. The summed E-state index contributed by atoms with van der Waals surface area (Å²) in [6.45, 7) is 8.76. The quantitative estimate of drug-likeness (QED) is 0.273. The van der Waals surface area contributed by atoms with Gasteiger partial charge in [-0.1, -0.05) is 99.6 Å². The number of hydrogen-bond acceptors (Lipinski definition) is 3. The van der Waals surface area contributed by atoms with Crippen LogP contribution in [0.5, 0.6) is 0 Å². The van der Waals surface area contributed by atoms with E-state index >= 15 is 0 Å². The molecule has 1 N–H and O–H groups in total. The van der Waals surface area contributed by atoms with Crippen molar-refractivity contribution in [3.8, 4) is 5.69 Å². The lowest BCUT2D eigenvalue weighted by Crippen LogP contribution is -2.39. The highest BCUT2D eigenvalue weighted by Crippen LogP contribution is 2.27. The summed E-state index contributed by atoms with van der Waals surface area (Å²) in [5.41, 5.74) is 4.88. The molecule has 0 saturated heterocycles. The number of benzene rings is 3. The number of amides is 2. The topological polar surface area (TPSA) is 67.2 Å². The Balaban J connectivity index is 1.52. The summed E-state index contributed by atoms with van der Waals surface area (Å²) in [6.07, 6.45) is 1.67. The van der Waals surface area contributed by atoms with Gasteiger partial charge in [0.2, 0.25) is 11.8 Å². The number of rotatable bonds is 10. The average molecular weight is 523 g/mol. The van der Waals surface area contributed by atoms with Crippen LogP contribution in [0.1, 0.15) is 49.6 Å². The van der Waals surface area contributed by atoms with Gasteiger partial charge in [0.15, 0.2) is 0 Å². The van der Waals surface area contributed by atoms with Gasteiger partial charge >= 0.3 is 0 Å². The van der Waals surface area contributed by atoms with Crippen LogP contribution in [-0.4, -0.2) is 39.6 Å². The van der Waals surface area contributed by atoms with Crippen molar-refractivity contribution in [3.63, 3.8) is 0 Å². The molecule has 0 unspecified atom stereocenters. The Morgan fingerprint density at radius 3 is 2.05 bits per heavy atom. The second-order valence-electron chi connectivity index (χ2n) is 10.9. The fraction of sp³-hybridized carbons (Fsp3) is 0.303.